The zero-order chi connectivity index (χ0) is 13.3. The van der Waals surface area contributed by atoms with Crippen molar-refractivity contribution in [2.24, 2.45) is 0 Å². The minimum absolute atomic E-state index is 0.296. The molecule has 0 saturated heterocycles. The Hall–Kier alpha value is -1.11. The van der Waals surface area contributed by atoms with E-state index in [0.717, 1.165) is 18.8 Å². The quantitative estimate of drug-likeness (QED) is 0.736. The Morgan fingerprint density at radius 1 is 1.33 bits per heavy atom. The number of nitrogens with zero attached hydrogens (tertiary/aromatic N) is 4. The number of ether oxygens (including phenoxy) is 1. The number of carbonyl (C=O) groups excluding carboxylic acids is 1. The van der Waals surface area contributed by atoms with Crippen molar-refractivity contribution in [1.29, 1.82) is 0 Å². The topological polar surface area (TPSA) is 60.2 Å². The highest BCUT2D eigenvalue weighted by atomic mass is 79.9. The van der Waals surface area contributed by atoms with E-state index in [2.05, 4.69) is 26.1 Å². The second-order valence-corrected chi connectivity index (χ2v) is 6.00. The molecule has 1 amide bonds. The summed E-state index contributed by atoms with van der Waals surface area (Å²) in [5, 5.41) is 8.02. The summed E-state index contributed by atoms with van der Waals surface area (Å²) < 4.78 is 8.06. The van der Waals surface area contributed by atoms with Crippen LogP contribution in [-0.4, -0.2) is 37.9 Å². The van der Waals surface area contributed by atoms with Gasteiger partial charge >= 0.3 is 6.09 Å². The Bertz CT molecular complexity index is 452. The molecule has 0 spiro atoms. The number of hydrogen-bond donors (Lipinski definition) is 0. The van der Waals surface area contributed by atoms with Crippen molar-refractivity contribution >= 4 is 22.0 Å². The first-order valence-corrected chi connectivity index (χ1v) is 6.71. The second kappa shape index (κ2) is 4.87. The molecule has 0 aliphatic carbocycles. The second-order valence-electron chi connectivity index (χ2n) is 5.29. The Morgan fingerprint density at radius 2 is 2.06 bits per heavy atom. The highest BCUT2D eigenvalue weighted by molar-refractivity contribution is 9.10. The molecule has 7 heteroatoms. The molecule has 0 atom stereocenters. The lowest BCUT2D eigenvalue weighted by molar-refractivity contribution is 0.0234. The highest BCUT2D eigenvalue weighted by Crippen LogP contribution is 2.18. The standard InChI is InChI=1S/C11H17BrN4O2/c1-11(2,3)18-10(17)15-5-4-6-16-8(7-15)13-14-9(16)12/h4-7H2,1-3H3. The van der Waals surface area contributed by atoms with Crippen molar-refractivity contribution in [3.63, 3.8) is 0 Å². The number of aromatic nitrogens is 3. The average molecular weight is 317 g/mol. The van der Waals surface area contributed by atoms with Gasteiger partial charge in [0.1, 0.15) is 5.60 Å². The Morgan fingerprint density at radius 3 is 2.72 bits per heavy atom. The number of fused-ring (bicyclic) bond motifs is 1. The maximum atomic E-state index is 12.0. The molecule has 0 aromatic carbocycles. The molecule has 6 nitrogen and oxygen atoms in total. The third kappa shape index (κ3) is 3.01. The smallest absolute Gasteiger partial charge is 0.410 e. The first kappa shape index (κ1) is 13.3. The van der Waals surface area contributed by atoms with Gasteiger partial charge in [-0.2, -0.15) is 0 Å². The van der Waals surface area contributed by atoms with Gasteiger partial charge < -0.3 is 14.2 Å². The number of carbonyl (C=O) groups is 1. The van der Waals surface area contributed by atoms with Crippen LogP contribution < -0.4 is 0 Å². The van der Waals surface area contributed by atoms with Gasteiger partial charge in [-0.15, -0.1) is 10.2 Å². The van der Waals surface area contributed by atoms with Crippen LogP contribution in [0.1, 0.15) is 33.0 Å². The molecule has 1 aliphatic rings. The number of halogens is 1. The number of hydrogen-bond acceptors (Lipinski definition) is 4. The van der Waals surface area contributed by atoms with Gasteiger partial charge in [0.2, 0.25) is 0 Å². The molecular weight excluding hydrogens is 300 g/mol. The molecule has 1 aliphatic heterocycles. The Balaban J connectivity index is 2.10. The minimum Gasteiger partial charge on any atom is -0.444 e. The van der Waals surface area contributed by atoms with Crippen molar-refractivity contribution in [1.82, 2.24) is 19.7 Å². The van der Waals surface area contributed by atoms with Crippen LogP contribution in [0.3, 0.4) is 0 Å². The molecule has 0 radical (unpaired) electrons. The molecule has 2 rings (SSSR count). The Labute approximate surface area is 114 Å². The largest absolute Gasteiger partial charge is 0.444 e. The zero-order valence-electron chi connectivity index (χ0n) is 10.8. The van der Waals surface area contributed by atoms with Crippen molar-refractivity contribution < 1.29 is 9.53 Å². The van der Waals surface area contributed by atoms with Crippen LogP contribution >= 0.6 is 15.9 Å². The fraction of sp³-hybridized carbons (Fsp3) is 0.727. The van der Waals surface area contributed by atoms with Crippen molar-refractivity contribution in [3.05, 3.63) is 10.6 Å². The van der Waals surface area contributed by atoms with Gasteiger partial charge in [-0.05, 0) is 43.1 Å². The van der Waals surface area contributed by atoms with Crippen LogP contribution in [0.4, 0.5) is 4.79 Å². The summed E-state index contributed by atoms with van der Waals surface area (Å²) in [5.41, 5.74) is -0.475. The fourth-order valence-electron chi connectivity index (χ4n) is 1.80. The van der Waals surface area contributed by atoms with Crippen molar-refractivity contribution in [3.8, 4) is 0 Å². The third-order valence-corrected chi connectivity index (χ3v) is 3.16. The van der Waals surface area contributed by atoms with E-state index in [9.17, 15) is 4.79 Å². The molecule has 1 aromatic heterocycles. The van der Waals surface area contributed by atoms with Gasteiger partial charge in [0.05, 0.1) is 6.54 Å². The van der Waals surface area contributed by atoms with E-state index in [0.29, 0.717) is 17.8 Å². The average Bonchev–Trinajstić information content (AvgIpc) is 2.49. The van der Waals surface area contributed by atoms with E-state index in [4.69, 9.17) is 4.74 Å². The number of amides is 1. The summed E-state index contributed by atoms with van der Waals surface area (Å²) in [6.07, 6.45) is 0.568. The summed E-state index contributed by atoms with van der Waals surface area (Å²) in [4.78, 5) is 13.7. The summed E-state index contributed by atoms with van der Waals surface area (Å²) in [7, 11) is 0. The summed E-state index contributed by atoms with van der Waals surface area (Å²) in [6.45, 7) is 7.51. The lowest BCUT2D eigenvalue weighted by Crippen LogP contribution is -2.36. The van der Waals surface area contributed by atoms with Crippen LogP contribution in [0.5, 0.6) is 0 Å². The van der Waals surface area contributed by atoms with Gasteiger partial charge in [-0.3, -0.25) is 0 Å². The first-order chi connectivity index (χ1) is 8.37. The van der Waals surface area contributed by atoms with Gasteiger partial charge in [0.15, 0.2) is 10.6 Å². The van der Waals surface area contributed by atoms with Gasteiger partial charge in [0.25, 0.3) is 0 Å². The molecule has 0 N–H and O–H groups in total. The van der Waals surface area contributed by atoms with Gasteiger partial charge in [-0.1, -0.05) is 0 Å². The van der Waals surface area contributed by atoms with Crippen LogP contribution in [-0.2, 0) is 17.8 Å². The molecule has 2 heterocycles. The molecule has 0 unspecified atom stereocenters. The fourth-order valence-corrected chi connectivity index (χ4v) is 2.26. The number of rotatable bonds is 0. The van der Waals surface area contributed by atoms with E-state index in [-0.39, 0.29) is 6.09 Å². The summed E-state index contributed by atoms with van der Waals surface area (Å²) >= 11 is 3.35. The molecule has 0 saturated carbocycles. The van der Waals surface area contributed by atoms with E-state index < -0.39 is 5.60 Å². The van der Waals surface area contributed by atoms with Crippen LogP contribution in [0, 0.1) is 0 Å². The molecule has 18 heavy (non-hydrogen) atoms. The van der Waals surface area contributed by atoms with E-state index in [1.807, 2.05) is 25.3 Å². The molecule has 1 aromatic rings. The lowest BCUT2D eigenvalue weighted by atomic mass is 10.2. The molecule has 0 bridgehead atoms. The maximum absolute atomic E-state index is 12.0. The predicted octanol–water partition coefficient (Wildman–Crippen LogP) is 2.18. The van der Waals surface area contributed by atoms with E-state index >= 15 is 0 Å². The first-order valence-electron chi connectivity index (χ1n) is 5.92. The van der Waals surface area contributed by atoms with Crippen LogP contribution in [0.25, 0.3) is 0 Å². The zero-order valence-corrected chi connectivity index (χ0v) is 12.4. The lowest BCUT2D eigenvalue weighted by Gasteiger charge is -2.25. The maximum Gasteiger partial charge on any atom is 0.410 e. The Kier molecular flexibility index (Phi) is 3.61. The van der Waals surface area contributed by atoms with E-state index in [1.165, 1.54) is 0 Å². The van der Waals surface area contributed by atoms with Gasteiger partial charge in [0, 0.05) is 13.1 Å². The monoisotopic (exact) mass is 316 g/mol. The summed E-state index contributed by atoms with van der Waals surface area (Å²) in [6, 6.07) is 0. The van der Waals surface area contributed by atoms with Crippen LogP contribution in [0.15, 0.2) is 4.73 Å². The van der Waals surface area contributed by atoms with Crippen molar-refractivity contribution in [2.75, 3.05) is 6.54 Å². The SMILES string of the molecule is CC(C)(C)OC(=O)N1CCCn2c(Br)nnc2C1. The minimum atomic E-state index is -0.475. The van der Waals surface area contributed by atoms with Crippen molar-refractivity contribution in [2.45, 2.75) is 45.9 Å². The normalized spacial score (nSPS) is 16.1. The summed E-state index contributed by atoms with van der Waals surface area (Å²) in [5.74, 6) is 0.783. The van der Waals surface area contributed by atoms with E-state index in [1.54, 1.807) is 4.90 Å². The third-order valence-electron chi connectivity index (χ3n) is 2.58. The molecule has 0 fully saturated rings. The van der Waals surface area contributed by atoms with Crippen LogP contribution in [0.2, 0.25) is 0 Å². The van der Waals surface area contributed by atoms with Gasteiger partial charge in [-0.25, -0.2) is 4.79 Å². The molecule has 100 valence electrons. The molecular formula is C11H17BrN4O2. The highest BCUT2D eigenvalue weighted by Gasteiger charge is 2.26. The predicted molar refractivity (Wildman–Crippen MR) is 69.0 cm³/mol.